The molecule has 1 heterocycles. The van der Waals surface area contributed by atoms with Gasteiger partial charge in [-0.3, -0.25) is 0 Å². The number of benzene rings is 2. The third-order valence-corrected chi connectivity index (χ3v) is 4.06. The summed E-state index contributed by atoms with van der Waals surface area (Å²) in [6, 6.07) is 15.1. The summed E-state index contributed by atoms with van der Waals surface area (Å²) in [5.74, 6) is 3.45. The first-order valence-electron chi connectivity index (χ1n) is 8.93. The first kappa shape index (κ1) is 19.8. The first-order valence-corrected chi connectivity index (χ1v) is 9.31. The van der Waals surface area contributed by atoms with E-state index in [1.54, 1.807) is 19.2 Å². The van der Waals surface area contributed by atoms with Gasteiger partial charge < -0.3 is 20.1 Å². The highest BCUT2D eigenvalue weighted by Gasteiger charge is 2.06. The van der Waals surface area contributed by atoms with Gasteiger partial charge in [0.15, 0.2) is 0 Å². The predicted molar refractivity (Wildman–Crippen MR) is 114 cm³/mol. The lowest BCUT2D eigenvalue weighted by atomic mass is 10.3. The van der Waals surface area contributed by atoms with Crippen molar-refractivity contribution in [1.29, 1.82) is 0 Å². The molecule has 0 fully saturated rings. The minimum atomic E-state index is 0.142. The fourth-order valence-corrected chi connectivity index (χ4v) is 2.88. The Bertz CT molecular complexity index is 946. The molecule has 0 aliphatic heterocycles. The maximum atomic E-state index is 6.19. The summed E-state index contributed by atoms with van der Waals surface area (Å²) >= 11 is 6.19. The number of nitrogens with zero attached hydrogens (tertiary/aromatic N) is 2. The van der Waals surface area contributed by atoms with Crippen LogP contribution in [0.4, 0.5) is 23.0 Å². The van der Waals surface area contributed by atoms with E-state index in [1.807, 2.05) is 57.2 Å². The molecule has 1 aromatic heterocycles. The first-order chi connectivity index (χ1) is 13.4. The van der Waals surface area contributed by atoms with Gasteiger partial charge in [-0.1, -0.05) is 11.6 Å². The molecule has 146 valence electrons. The van der Waals surface area contributed by atoms with Crippen molar-refractivity contribution in [3.05, 3.63) is 59.4 Å². The Morgan fingerprint density at radius 3 is 2.07 bits per heavy atom. The molecule has 3 aromatic rings. The lowest BCUT2D eigenvalue weighted by molar-refractivity contribution is 0.242. The fraction of sp³-hybridized carbons (Fsp3) is 0.238. The number of ether oxygens (including phenoxy) is 2. The van der Waals surface area contributed by atoms with Crippen LogP contribution >= 0.6 is 11.6 Å². The SMILES string of the molecule is COc1ccc(Nc2cc(Nc3ccc(OC(C)C)cc3)nc(C)n2)cc1Cl. The Morgan fingerprint density at radius 1 is 0.893 bits per heavy atom. The van der Waals surface area contributed by atoms with Crippen LogP contribution in [0, 0.1) is 6.92 Å². The minimum Gasteiger partial charge on any atom is -0.495 e. The topological polar surface area (TPSA) is 68.3 Å². The standard InChI is InChI=1S/C21H23ClN4O2/c1-13(2)28-17-8-5-15(6-9-17)25-20-12-21(24-14(3)23-20)26-16-7-10-19(27-4)18(22)11-16/h5-13H,1-4H3,(H2,23,24,25,26). The molecule has 2 aromatic carbocycles. The summed E-state index contributed by atoms with van der Waals surface area (Å²) in [4.78, 5) is 8.88. The number of hydrogen-bond acceptors (Lipinski definition) is 6. The van der Waals surface area contributed by atoms with Crippen molar-refractivity contribution in [1.82, 2.24) is 9.97 Å². The van der Waals surface area contributed by atoms with Crippen LogP contribution in [-0.4, -0.2) is 23.2 Å². The smallest absolute Gasteiger partial charge is 0.137 e. The number of aromatic nitrogens is 2. The zero-order chi connectivity index (χ0) is 20.1. The van der Waals surface area contributed by atoms with Gasteiger partial charge in [0, 0.05) is 17.4 Å². The quantitative estimate of drug-likeness (QED) is 0.530. The molecule has 0 radical (unpaired) electrons. The number of hydrogen-bond donors (Lipinski definition) is 2. The molecule has 0 saturated heterocycles. The van der Waals surface area contributed by atoms with Crippen LogP contribution in [0.5, 0.6) is 11.5 Å². The van der Waals surface area contributed by atoms with Crippen molar-refractivity contribution >= 4 is 34.6 Å². The van der Waals surface area contributed by atoms with Crippen LogP contribution in [0.25, 0.3) is 0 Å². The van der Waals surface area contributed by atoms with Crippen LogP contribution in [0.3, 0.4) is 0 Å². The molecule has 0 saturated carbocycles. The second kappa shape index (κ2) is 8.80. The van der Waals surface area contributed by atoms with Gasteiger partial charge in [-0.2, -0.15) is 0 Å². The molecule has 0 atom stereocenters. The Labute approximate surface area is 169 Å². The third-order valence-electron chi connectivity index (χ3n) is 3.76. The summed E-state index contributed by atoms with van der Waals surface area (Å²) < 4.78 is 10.8. The van der Waals surface area contributed by atoms with Gasteiger partial charge in [-0.15, -0.1) is 0 Å². The second-order valence-corrected chi connectivity index (χ2v) is 6.88. The monoisotopic (exact) mass is 398 g/mol. The summed E-state index contributed by atoms with van der Waals surface area (Å²) in [6.45, 7) is 5.84. The van der Waals surface area contributed by atoms with E-state index in [2.05, 4.69) is 20.6 Å². The normalized spacial score (nSPS) is 10.6. The van der Waals surface area contributed by atoms with E-state index in [0.717, 1.165) is 17.1 Å². The number of anilines is 4. The molecule has 0 unspecified atom stereocenters. The van der Waals surface area contributed by atoms with Gasteiger partial charge >= 0.3 is 0 Å². The molecule has 2 N–H and O–H groups in total. The van der Waals surface area contributed by atoms with Gasteiger partial charge in [0.05, 0.1) is 18.2 Å². The highest BCUT2D eigenvalue weighted by atomic mass is 35.5. The minimum absolute atomic E-state index is 0.142. The Morgan fingerprint density at radius 2 is 1.50 bits per heavy atom. The molecule has 0 amide bonds. The Balaban J connectivity index is 1.75. The van der Waals surface area contributed by atoms with Crippen molar-refractivity contribution < 1.29 is 9.47 Å². The van der Waals surface area contributed by atoms with E-state index in [0.29, 0.717) is 28.2 Å². The van der Waals surface area contributed by atoms with Crippen LogP contribution in [0.1, 0.15) is 19.7 Å². The molecule has 0 spiro atoms. The van der Waals surface area contributed by atoms with E-state index < -0.39 is 0 Å². The Hall–Kier alpha value is -2.99. The van der Waals surface area contributed by atoms with E-state index in [1.165, 1.54) is 0 Å². The van der Waals surface area contributed by atoms with E-state index in [-0.39, 0.29) is 6.10 Å². The number of rotatable bonds is 7. The van der Waals surface area contributed by atoms with E-state index in [9.17, 15) is 0 Å². The average Bonchev–Trinajstić information content (AvgIpc) is 2.63. The summed E-state index contributed by atoms with van der Waals surface area (Å²) in [6.07, 6.45) is 0.142. The molecule has 0 bridgehead atoms. The highest BCUT2D eigenvalue weighted by Crippen LogP contribution is 2.29. The van der Waals surface area contributed by atoms with Crippen molar-refractivity contribution in [2.24, 2.45) is 0 Å². The van der Waals surface area contributed by atoms with Gasteiger partial charge in [-0.05, 0) is 63.2 Å². The van der Waals surface area contributed by atoms with Crippen molar-refractivity contribution in [3.8, 4) is 11.5 Å². The van der Waals surface area contributed by atoms with E-state index in [4.69, 9.17) is 21.1 Å². The molecular formula is C21H23ClN4O2. The molecule has 0 aliphatic rings. The Kier molecular flexibility index (Phi) is 6.21. The molecule has 3 rings (SSSR count). The van der Waals surface area contributed by atoms with Gasteiger partial charge in [-0.25, -0.2) is 9.97 Å². The van der Waals surface area contributed by atoms with Crippen LogP contribution in [0.2, 0.25) is 5.02 Å². The van der Waals surface area contributed by atoms with Gasteiger partial charge in [0.2, 0.25) is 0 Å². The lowest BCUT2D eigenvalue weighted by Crippen LogP contribution is -2.05. The predicted octanol–water partition coefficient (Wildman–Crippen LogP) is 5.72. The lowest BCUT2D eigenvalue weighted by Gasteiger charge is -2.12. The van der Waals surface area contributed by atoms with Crippen molar-refractivity contribution in [2.45, 2.75) is 26.9 Å². The maximum Gasteiger partial charge on any atom is 0.137 e. The third kappa shape index (κ3) is 5.27. The number of methoxy groups -OCH3 is 1. The maximum absolute atomic E-state index is 6.19. The van der Waals surface area contributed by atoms with Crippen LogP contribution in [0.15, 0.2) is 48.5 Å². The molecule has 6 nitrogen and oxygen atoms in total. The van der Waals surface area contributed by atoms with Crippen molar-refractivity contribution in [2.75, 3.05) is 17.7 Å². The van der Waals surface area contributed by atoms with E-state index >= 15 is 0 Å². The fourth-order valence-electron chi connectivity index (χ4n) is 2.62. The second-order valence-electron chi connectivity index (χ2n) is 6.48. The number of aryl methyl sites for hydroxylation is 1. The van der Waals surface area contributed by atoms with Crippen molar-refractivity contribution in [3.63, 3.8) is 0 Å². The zero-order valence-corrected chi connectivity index (χ0v) is 17.0. The largest absolute Gasteiger partial charge is 0.495 e. The molecular weight excluding hydrogens is 376 g/mol. The summed E-state index contributed by atoms with van der Waals surface area (Å²) in [7, 11) is 1.58. The molecule has 0 aliphatic carbocycles. The number of halogens is 1. The zero-order valence-electron chi connectivity index (χ0n) is 16.3. The van der Waals surface area contributed by atoms with Gasteiger partial charge in [0.25, 0.3) is 0 Å². The number of nitrogens with one attached hydrogen (secondary N) is 2. The van der Waals surface area contributed by atoms with Crippen LogP contribution < -0.4 is 20.1 Å². The van der Waals surface area contributed by atoms with Crippen LogP contribution in [-0.2, 0) is 0 Å². The summed E-state index contributed by atoms with van der Waals surface area (Å²) in [5.41, 5.74) is 1.72. The highest BCUT2D eigenvalue weighted by molar-refractivity contribution is 6.32. The molecule has 28 heavy (non-hydrogen) atoms. The molecule has 7 heteroatoms. The van der Waals surface area contributed by atoms with Gasteiger partial charge in [0.1, 0.15) is 29.0 Å². The average molecular weight is 399 g/mol. The summed E-state index contributed by atoms with van der Waals surface area (Å²) in [5, 5.41) is 7.06.